The molecule has 0 aliphatic rings. The minimum Gasteiger partial charge on any atom is -0.444 e. The Balaban J connectivity index is 1.68. The molecule has 0 saturated heterocycles. The maximum absolute atomic E-state index is 13.6. The predicted molar refractivity (Wildman–Crippen MR) is 162 cm³/mol. The number of alkyl carbamates (subject to hydrolysis) is 1. The van der Waals surface area contributed by atoms with E-state index < -0.39 is 33.3 Å². The number of benzene rings is 2. The van der Waals surface area contributed by atoms with Crippen molar-refractivity contribution in [3.05, 3.63) is 101 Å². The van der Waals surface area contributed by atoms with Crippen LogP contribution in [0.3, 0.4) is 0 Å². The summed E-state index contributed by atoms with van der Waals surface area (Å²) >= 11 is 0. The molecule has 1 amide bonds. The van der Waals surface area contributed by atoms with Crippen LogP contribution >= 0.6 is 0 Å². The number of pyridine rings is 1. The normalized spacial score (nSPS) is 12.3. The monoisotopic (exact) mass is 590 g/mol. The molecule has 1 atom stereocenters. The lowest BCUT2D eigenvalue weighted by Crippen LogP contribution is -2.44. The molecule has 2 heterocycles. The minimum absolute atomic E-state index is 0.00639. The van der Waals surface area contributed by atoms with Gasteiger partial charge in [-0.2, -0.15) is 0 Å². The van der Waals surface area contributed by atoms with Crippen molar-refractivity contribution < 1.29 is 17.9 Å². The van der Waals surface area contributed by atoms with Crippen LogP contribution in [0.1, 0.15) is 26.3 Å². The molecule has 0 radical (unpaired) electrons. The third kappa shape index (κ3) is 7.94. The van der Waals surface area contributed by atoms with Crippen LogP contribution in [0.15, 0.2) is 94.9 Å². The molecule has 1 unspecified atom stereocenters. The van der Waals surface area contributed by atoms with Crippen LogP contribution in [0.2, 0.25) is 0 Å². The Morgan fingerprint density at radius 3 is 2.21 bits per heavy atom. The van der Waals surface area contributed by atoms with Crippen molar-refractivity contribution in [3.63, 3.8) is 0 Å². The second-order valence-corrected chi connectivity index (χ2v) is 12.3. The summed E-state index contributed by atoms with van der Waals surface area (Å²) in [5.41, 5.74) is 0.115. The number of amides is 1. The number of hydrogen-bond acceptors (Lipinski definition) is 8. The summed E-state index contributed by atoms with van der Waals surface area (Å²) in [5, 5.41) is 6.06. The molecule has 0 aliphatic heterocycles. The van der Waals surface area contributed by atoms with Crippen molar-refractivity contribution in [3.8, 4) is 11.3 Å². The van der Waals surface area contributed by atoms with Gasteiger partial charge in [-0.3, -0.25) is 19.1 Å². The van der Waals surface area contributed by atoms with E-state index in [0.29, 0.717) is 12.0 Å². The van der Waals surface area contributed by atoms with Crippen molar-refractivity contribution in [2.24, 2.45) is 7.05 Å². The van der Waals surface area contributed by atoms with E-state index in [9.17, 15) is 18.0 Å². The zero-order valence-electron chi connectivity index (χ0n) is 23.9. The molecule has 2 aromatic heterocycles. The third-order valence-electron chi connectivity index (χ3n) is 6.09. The molecule has 0 saturated carbocycles. The molecule has 220 valence electrons. The summed E-state index contributed by atoms with van der Waals surface area (Å²) in [7, 11) is -2.60. The fraction of sp³-hybridized carbons (Fsp3) is 0.267. The Bertz CT molecular complexity index is 1670. The first-order valence-electron chi connectivity index (χ1n) is 13.3. The quantitative estimate of drug-likeness (QED) is 0.249. The van der Waals surface area contributed by atoms with Crippen LogP contribution in [0.4, 0.5) is 16.4 Å². The number of carbonyl (C=O) groups excluding carboxylic acids is 1. The van der Waals surface area contributed by atoms with Crippen LogP contribution in [0, 0.1) is 0 Å². The minimum atomic E-state index is -4.09. The molecule has 0 aliphatic carbocycles. The average Bonchev–Trinajstić information content (AvgIpc) is 2.95. The molecule has 4 aromatic rings. The van der Waals surface area contributed by atoms with Crippen LogP contribution in [-0.4, -0.2) is 47.2 Å². The second kappa shape index (κ2) is 12.9. The number of carbonyl (C=O) groups is 1. The molecule has 4 rings (SSSR count). The lowest BCUT2D eigenvalue weighted by atomic mass is 10.1. The summed E-state index contributed by atoms with van der Waals surface area (Å²) in [5.74, 6) is 0.179. The number of rotatable bonds is 10. The van der Waals surface area contributed by atoms with Crippen molar-refractivity contribution in [1.82, 2.24) is 19.9 Å². The third-order valence-corrected chi connectivity index (χ3v) is 7.45. The number of nitrogens with one attached hydrogen (secondary N) is 3. The van der Waals surface area contributed by atoms with E-state index in [1.165, 1.54) is 36.1 Å². The standard InChI is InChI=1S/C30H34N6O5S/c1-30(2,3)41-29(38)33-23(19-21-11-7-5-8-12-21)20-32-28-34-25(22-15-17-31-18-16-22)26(27(37)36(28)4)35-42(39,40)24-13-9-6-10-14-24/h5-18,23,35H,19-20H2,1-4H3,(H,32,34)(H,33,38). The Hall–Kier alpha value is -4.71. The molecule has 42 heavy (non-hydrogen) atoms. The lowest BCUT2D eigenvalue weighted by Gasteiger charge is -2.24. The number of nitrogens with zero attached hydrogens (tertiary/aromatic N) is 3. The molecule has 11 nitrogen and oxygen atoms in total. The van der Waals surface area contributed by atoms with E-state index in [4.69, 9.17) is 4.74 Å². The van der Waals surface area contributed by atoms with Crippen molar-refractivity contribution in [1.29, 1.82) is 0 Å². The highest BCUT2D eigenvalue weighted by atomic mass is 32.2. The van der Waals surface area contributed by atoms with Crippen LogP contribution in [-0.2, 0) is 28.2 Å². The van der Waals surface area contributed by atoms with Gasteiger partial charge in [0.05, 0.1) is 10.9 Å². The molecule has 0 bridgehead atoms. The first-order chi connectivity index (χ1) is 19.9. The van der Waals surface area contributed by atoms with Gasteiger partial charge in [-0.1, -0.05) is 48.5 Å². The van der Waals surface area contributed by atoms with Gasteiger partial charge in [-0.25, -0.2) is 18.2 Å². The number of ether oxygens (including phenoxy) is 1. The molecule has 0 fully saturated rings. The van der Waals surface area contributed by atoms with E-state index in [-0.39, 0.29) is 28.8 Å². The van der Waals surface area contributed by atoms with Gasteiger partial charge >= 0.3 is 6.09 Å². The highest BCUT2D eigenvalue weighted by molar-refractivity contribution is 7.92. The maximum Gasteiger partial charge on any atom is 0.407 e. The summed E-state index contributed by atoms with van der Waals surface area (Å²) < 4.78 is 35.4. The summed E-state index contributed by atoms with van der Waals surface area (Å²) in [6, 6.07) is 20.2. The number of aromatic nitrogens is 3. The van der Waals surface area contributed by atoms with Gasteiger partial charge in [-0.05, 0) is 57.0 Å². The topological polar surface area (TPSA) is 144 Å². The Kier molecular flexibility index (Phi) is 9.26. The van der Waals surface area contributed by atoms with Gasteiger partial charge in [0.2, 0.25) is 5.95 Å². The van der Waals surface area contributed by atoms with Crippen molar-refractivity contribution in [2.75, 3.05) is 16.6 Å². The lowest BCUT2D eigenvalue weighted by molar-refractivity contribution is 0.0507. The van der Waals surface area contributed by atoms with Gasteiger partial charge in [0, 0.05) is 31.5 Å². The van der Waals surface area contributed by atoms with Crippen molar-refractivity contribution >= 4 is 27.8 Å². The first-order valence-corrected chi connectivity index (χ1v) is 14.8. The highest BCUT2D eigenvalue weighted by Crippen LogP contribution is 2.26. The molecule has 12 heteroatoms. The zero-order valence-corrected chi connectivity index (χ0v) is 24.7. The summed E-state index contributed by atoms with van der Waals surface area (Å²) in [6.07, 6.45) is 2.96. The zero-order chi connectivity index (χ0) is 30.3. The van der Waals surface area contributed by atoms with Gasteiger partial charge in [0.1, 0.15) is 17.0 Å². The fourth-order valence-corrected chi connectivity index (χ4v) is 5.21. The smallest absolute Gasteiger partial charge is 0.407 e. The Morgan fingerprint density at radius 2 is 1.60 bits per heavy atom. The van der Waals surface area contributed by atoms with E-state index in [1.807, 2.05) is 30.3 Å². The number of sulfonamides is 1. The second-order valence-electron chi connectivity index (χ2n) is 10.6. The van der Waals surface area contributed by atoms with Gasteiger partial charge < -0.3 is 15.4 Å². The van der Waals surface area contributed by atoms with E-state index >= 15 is 0 Å². The maximum atomic E-state index is 13.6. The summed E-state index contributed by atoms with van der Waals surface area (Å²) in [4.78, 5) is 34.9. The molecule has 3 N–H and O–H groups in total. The Labute approximate surface area is 245 Å². The first kappa shape index (κ1) is 30.3. The Morgan fingerprint density at radius 1 is 0.976 bits per heavy atom. The van der Waals surface area contributed by atoms with E-state index in [2.05, 4.69) is 25.3 Å². The van der Waals surface area contributed by atoms with Gasteiger partial charge in [0.15, 0.2) is 0 Å². The van der Waals surface area contributed by atoms with Crippen LogP contribution in [0.5, 0.6) is 0 Å². The predicted octanol–water partition coefficient (Wildman–Crippen LogP) is 4.19. The largest absolute Gasteiger partial charge is 0.444 e. The molecule has 0 spiro atoms. The molecular weight excluding hydrogens is 556 g/mol. The highest BCUT2D eigenvalue weighted by Gasteiger charge is 2.24. The average molecular weight is 591 g/mol. The van der Waals surface area contributed by atoms with E-state index in [0.717, 1.165) is 5.56 Å². The SMILES string of the molecule is Cn1c(NCC(Cc2ccccc2)NC(=O)OC(C)(C)C)nc(-c2ccncc2)c(NS(=O)(=O)c2ccccc2)c1=O. The van der Waals surface area contributed by atoms with Crippen LogP contribution < -0.4 is 20.9 Å². The fourth-order valence-electron chi connectivity index (χ4n) is 4.13. The van der Waals surface area contributed by atoms with Gasteiger partial charge in [0.25, 0.3) is 15.6 Å². The van der Waals surface area contributed by atoms with Crippen molar-refractivity contribution in [2.45, 2.75) is 43.7 Å². The van der Waals surface area contributed by atoms with Gasteiger partial charge in [-0.15, -0.1) is 0 Å². The molecule has 2 aromatic carbocycles. The number of anilines is 2. The molecular formula is C30H34N6O5S. The number of hydrogen-bond donors (Lipinski definition) is 3. The summed E-state index contributed by atoms with van der Waals surface area (Å²) in [6.45, 7) is 5.54. The van der Waals surface area contributed by atoms with E-state index in [1.54, 1.807) is 51.1 Å². The van der Waals surface area contributed by atoms with Crippen LogP contribution in [0.25, 0.3) is 11.3 Å².